The Bertz CT molecular complexity index is 329. The maximum Gasteiger partial charge on any atom is 0.0897 e. The van der Waals surface area contributed by atoms with Gasteiger partial charge in [-0.2, -0.15) is 0 Å². The van der Waals surface area contributed by atoms with E-state index in [4.69, 9.17) is 0 Å². The summed E-state index contributed by atoms with van der Waals surface area (Å²) >= 11 is 1.76. The summed E-state index contributed by atoms with van der Waals surface area (Å²) in [7, 11) is 2.09. The first-order valence-corrected chi connectivity index (χ1v) is 7.74. The predicted octanol–water partition coefficient (Wildman–Crippen LogP) is 3.55. The summed E-state index contributed by atoms with van der Waals surface area (Å²) in [6.07, 6.45) is 9.63. The monoisotopic (exact) mass is 252 g/mol. The molecule has 17 heavy (non-hydrogen) atoms. The zero-order valence-electron chi connectivity index (χ0n) is 11.0. The summed E-state index contributed by atoms with van der Waals surface area (Å²) in [5.74, 6) is 0.945. The van der Waals surface area contributed by atoms with Gasteiger partial charge < -0.3 is 5.32 Å². The van der Waals surface area contributed by atoms with Crippen LogP contribution < -0.4 is 5.32 Å². The minimum Gasteiger partial charge on any atom is -0.317 e. The first-order valence-electron chi connectivity index (χ1n) is 6.86. The minimum absolute atomic E-state index is 0.611. The van der Waals surface area contributed by atoms with Crippen LogP contribution >= 0.6 is 11.3 Å². The average molecular weight is 252 g/mol. The zero-order valence-corrected chi connectivity index (χ0v) is 11.9. The van der Waals surface area contributed by atoms with Crippen LogP contribution in [0.4, 0.5) is 0 Å². The van der Waals surface area contributed by atoms with Gasteiger partial charge in [-0.3, -0.25) is 0 Å². The van der Waals surface area contributed by atoms with Crippen LogP contribution in [0.2, 0.25) is 0 Å². The van der Waals surface area contributed by atoms with Gasteiger partial charge in [-0.05, 0) is 26.3 Å². The van der Waals surface area contributed by atoms with Gasteiger partial charge in [-0.25, -0.2) is 4.98 Å². The lowest BCUT2D eigenvalue weighted by Crippen LogP contribution is -2.30. The molecule has 1 saturated carbocycles. The highest BCUT2D eigenvalue weighted by atomic mass is 32.1. The van der Waals surface area contributed by atoms with E-state index in [1.54, 1.807) is 11.3 Å². The maximum absolute atomic E-state index is 4.57. The van der Waals surface area contributed by atoms with E-state index in [0.717, 1.165) is 12.3 Å². The van der Waals surface area contributed by atoms with Crippen molar-refractivity contribution in [3.63, 3.8) is 0 Å². The van der Waals surface area contributed by atoms with Gasteiger partial charge in [0.05, 0.1) is 10.7 Å². The van der Waals surface area contributed by atoms with Crippen LogP contribution in [0.1, 0.15) is 49.2 Å². The Balaban J connectivity index is 1.83. The minimum atomic E-state index is 0.611. The van der Waals surface area contributed by atoms with Crippen LogP contribution in [-0.4, -0.2) is 18.1 Å². The van der Waals surface area contributed by atoms with Gasteiger partial charge in [0.15, 0.2) is 0 Å². The van der Waals surface area contributed by atoms with Crippen LogP contribution in [0.15, 0.2) is 5.38 Å². The van der Waals surface area contributed by atoms with Crippen LogP contribution in [-0.2, 0) is 6.42 Å². The molecule has 1 atom stereocenters. The molecule has 2 rings (SSSR count). The summed E-state index contributed by atoms with van der Waals surface area (Å²) in [5.41, 5.74) is 1.27. The number of likely N-dealkylation sites (N-methyl/N-ethyl adjacent to an activating group) is 1. The number of aromatic nitrogens is 1. The molecule has 0 amide bonds. The van der Waals surface area contributed by atoms with Crippen LogP contribution in [0.3, 0.4) is 0 Å². The largest absolute Gasteiger partial charge is 0.317 e. The molecule has 0 spiro atoms. The molecular formula is C14H24N2S. The van der Waals surface area contributed by atoms with E-state index >= 15 is 0 Å². The molecule has 2 nitrogen and oxygen atoms in total. The zero-order chi connectivity index (χ0) is 12.1. The smallest absolute Gasteiger partial charge is 0.0897 e. The third kappa shape index (κ3) is 4.07. The van der Waals surface area contributed by atoms with Gasteiger partial charge in [-0.15, -0.1) is 11.3 Å². The average Bonchev–Trinajstić information content (AvgIpc) is 2.75. The Hall–Kier alpha value is -0.410. The molecule has 1 fully saturated rings. The van der Waals surface area contributed by atoms with Crippen molar-refractivity contribution in [2.45, 2.75) is 57.9 Å². The molecular weight excluding hydrogens is 228 g/mol. The van der Waals surface area contributed by atoms with Crippen molar-refractivity contribution in [1.82, 2.24) is 10.3 Å². The van der Waals surface area contributed by atoms with Crippen molar-refractivity contribution in [3.8, 4) is 0 Å². The Kier molecular flexibility index (Phi) is 4.99. The lowest BCUT2D eigenvalue weighted by atomic mass is 9.84. The summed E-state index contributed by atoms with van der Waals surface area (Å²) in [4.78, 5) is 4.57. The third-order valence-corrected chi connectivity index (χ3v) is 4.70. The lowest BCUT2D eigenvalue weighted by Gasteiger charge is -2.26. The summed E-state index contributed by atoms with van der Waals surface area (Å²) in [6, 6.07) is 0.611. The SMILES string of the molecule is CNC(Cc1csc(C)n1)CC1CCCCC1. The second-order valence-corrected chi connectivity index (χ2v) is 6.35. The van der Waals surface area contributed by atoms with Gasteiger partial charge >= 0.3 is 0 Å². The normalized spacial score (nSPS) is 19.4. The topological polar surface area (TPSA) is 24.9 Å². The van der Waals surface area contributed by atoms with E-state index in [1.807, 2.05) is 0 Å². The number of aryl methyl sites for hydroxylation is 1. The summed E-state index contributed by atoms with van der Waals surface area (Å²) < 4.78 is 0. The highest BCUT2D eigenvalue weighted by Gasteiger charge is 2.18. The van der Waals surface area contributed by atoms with Gasteiger partial charge in [-0.1, -0.05) is 32.1 Å². The van der Waals surface area contributed by atoms with Gasteiger partial charge in [0.1, 0.15) is 0 Å². The van der Waals surface area contributed by atoms with Gasteiger partial charge in [0, 0.05) is 17.8 Å². The van der Waals surface area contributed by atoms with Crippen molar-refractivity contribution in [1.29, 1.82) is 0 Å². The second kappa shape index (κ2) is 6.50. The number of nitrogens with one attached hydrogen (secondary N) is 1. The quantitative estimate of drug-likeness (QED) is 0.867. The molecule has 96 valence electrons. The molecule has 0 radical (unpaired) electrons. The molecule has 0 aliphatic heterocycles. The fourth-order valence-electron chi connectivity index (χ4n) is 2.88. The highest BCUT2D eigenvalue weighted by Crippen LogP contribution is 2.28. The Morgan fingerprint density at radius 2 is 2.18 bits per heavy atom. The van der Waals surface area contributed by atoms with Crippen molar-refractivity contribution in [3.05, 3.63) is 16.1 Å². The van der Waals surface area contributed by atoms with E-state index in [2.05, 4.69) is 29.7 Å². The first-order chi connectivity index (χ1) is 8.28. The van der Waals surface area contributed by atoms with Gasteiger partial charge in [0.2, 0.25) is 0 Å². The standard InChI is InChI=1S/C14H24N2S/c1-11-16-14(10-17-11)9-13(15-2)8-12-6-4-3-5-7-12/h10,12-13,15H,3-9H2,1-2H3. The Morgan fingerprint density at radius 3 is 2.76 bits per heavy atom. The molecule has 1 unspecified atom stereocenters. The van der Waals surface area contributed by atoms with E-state index in [-0.39, 0.29) is 0 Å². The molecule has 0 aromatic carbocycles. The fourth-order valence-corrected chi connectivity index (χ4v) is 3.51. The van der Waals surface area contributed by atoms with E-state index in [0.29, 0.717) is 6.04 Å². The molecule has 1 aromatic rings. The maximum atomic E-state index is 4.57. The number of hydrogen-bond acceptors (Lipinski definition) is 3. The molecule has 0 saturated heterocycles. The number of thiazole rings is 1. The summed E-state index contributed by atoms with van der Waals surface area (Å²) in [5, 5.41) is 6.87. The number of rotatable bonds is 5. The molecule has 3 heteroatoms. The molecule has 1 heterocycles. The van der Waals surface area contributed by atoms with E-state index in [9.17, 15) is 0 Å². The molecule has 1 N–H and O–H groups in total. The first kappa shape index (κ1) is 13.0. The highest BCUT2D eigenvalue weighted by molar-refractivity contribution is 7.09. The summed E-state index contributed by atoms with van der Waals surface area (Å²) in [6.45, 7) is 2.09. The van der Waals surface area contributed by atoms with Crippen molar-refractivity contribution in [2.24, 2.45) is 5.92 Å². The van der Waals surface area contributed by atoms with Crippen LogP contribution in [0.5, 0.6) is 0 Å². The number of hydrogen-bond donors (Lipinski definition) is 1. The third-order valence-electron chi connectivity index (χ3n) is 3.87. The lowest BCUT2D eigenvalue weighted by molar-refractivity contribution is 0.302. The molecule has 0 bridgehead atoms. The van der Waals surface area contributed by atoms with Crippen LogP contribution in [0.25, 0.3) is 0 Å². The second-order valence-electron chi connectivity index (χ2n) is 5.29. The fraction of sp³-hybridized carbons (Fsp3) is 0.786. The van der Waals surface area contributed by atoms with E-state index < -0.39 is 0 Å². The van der Waals surface area contributed by atoms with Crippen LogP contribution in [0, 0.1) is 12.8 Å². The molecule has 1 aliphatic rings. The van der Waals surface area contributed by atoms with Gasteiger partial charge in [0.25, 0.3) is 0 Å². The van der Waals surface area contributed by atoms with Crippen molar-refractivity contribution < 1.29 is 0 Å². The number of nitrogens with zero attached hydrogens (tertiary/aromatic N) is 1. The Labute approximate surface area is 109 Å². The molecule has 1 aliphatic carbocycles. The van der Waals surface area contributed by atoms with Crippen molar-refractivity contribution >= 4 is 11.3 Å². The van der Waals surface area contributed by atoms with Crippen molar-refractivity contribution in [2.75, 3.05) is 7.05 Å². The Morgan fingerprint density at radius 1 is 1.41 bits per heavy atom. The van der Waals surface area contributed by atoms with E-state index in [1.165, 1.54) is 49.2 Å². The molecule has 1 aromatic heterocycles. The predicted molar refractivity (Wildman–Crippen MR) is 74.6 cm³/mol.